The second kappa shape index (κ2) is 19.6. The summed E-state index contributed by atoms with van der Waals surface area (Å²) >= 11 is 0. The van der Waals surface area contributed by atoms with Gasteiger partial charge >= 0.3 is 5.97 Å². The first-order valence-corrected chi connectivity index (χ1v) is 22.7. The lowest BCUT2D eigenvalue weighted by Crippen LogP contribution is -2.59. The fraction of sp³-hybridized carbons (Fsp3) is 0.830. The summed E-state index contributed by atoms with van der Waals surface area (Å²) in [7, 11) is 9.13. The summed E-state index contributed by atoms with van der Waals surface area (Å²) in [5.41, 5.74) is 0.959. The van der Waals surface area contributed by atoms with Gasteiger partial charge < -0.3 is 42.8 Å². The Morgan fingerprint density at radius 3 is 2.15 bits per heavy atom. The Hall–Kier alpha value is -2.03. The van der Waals surface area contributed by atoms with Gasteiger partial charge in [-0.2, -0.15) is 0 Å². The van der Waals surface area contributed by atoms with E-state index >= 15 is 4.79 Å². The predicted molar refractivity (Wildman–Crippen MR) is 219 cm³/mol. The number of methoxy groups -OCH3 is 3. The van der Waals surface area contributed by atoms with Gasteiger partial charge in [0.25, 0.3) is 0 Å². The van der Waals surface area contributed by atoms with Crippen molar-refractivity contribution in [3.63, 3.8) is 0 Å². The molecule has 3 saturated heterocycles. The number of ketones is 1. The molecule has 332 valence electrons. The van der Waals surface area contributed by atoms with Crippen molar-refractivity contribution in [3.8, 4) is 0 Å². The molecule has 8 unspecified atom stereocenters. The molecule has 0 bridgehead atoms. The number of rotatable bonds is 10. The minimum Gasteiger partial charge on any atom is -0.462 e. The largest absolute Gasteiger partial charge is 0.462 e. The molecule has 0 aromatic heterocycles. The summed E-state index contributed by atoms with van der Waals surface area (Å²) < 4.78 is 65.0. The molecule has 6 aliphatic rings. The topological polar surface area (TPSA) is 111 Å². The van der Waals surface area contributed by atoms with E-state index in [9.17, 15) is 9.18 Å². The van der Waals surface area contributed by atoms with E-state index in [0.29, 0.717) is 18.4 Å². The van der Waals surface area contributed by atoms with E-state index in [-0.39, 0.29) is 96.3 Å². The number of likely N-dealkylation sites (N-methyl/N-ethyl adjacent to an activating group) is 1. The van der Waals surface area contributed by atoms with Crippen molar-refractivity contribution in [2.24, 2.45) is 41.4 Å². The first kappa shape index (κ1) is 45.0. The molecular formula is C47H72FNO10. The zero-order valence-corrected chi connectivity index (χ0v) is 37.0. The Morgan fingerprint density at radius 2 is 1.49 bits per heavy atom. The zero-order valence-electron chi connectivity index (χ0n) is 37.0. The molecular weight excluding hydrogens is 758 g/mol. The maximum absolute atomic E-state index is 15.5. The first-order valence-electron chi connectivity index (χ1n) is 22.7. The fourth-order valence-corrected chi connectivity index (χ4v) is 12.8. The second-order valence-electron chi connectivity index (χ2n) is 18.9. The van der Waals surface area contributed by atoms with E-state index in [1.54, 1.807) is 21.3 Å². The number of carbonyl (C=O) groups excluding carboxylic acids is 2. The van der Waals surface area contributed by atoms with Gasteiger partial charge in [-0.15, -0.1) is 0 Å². The van der Waals surface area contributed by atoms with Crippen molar-refractivity contribution in [1.82, 2.24) is 4.90 Å². The average molecular weight is 830 g/mol. The van der Waals surface area contributed by atoms with Crippen LogP contribution in [0.25, 0.3) is 0 Å². The average Bonchev–Trinajstić information content (AvgIpc) is 3.77. The van der Waals surface area contributed by atoms with E-state index in [4.69, 9.17) is 37.9 Å². The highest BCUT2D eigenvalue weighted by Gasteiger charge is 2.61. The molecule has 0 amide bonds. The number of halogens is 1. The number of hydrogen-bond donors (Lipinski definition) is 0. The monoisotopic (exact) mass is 830 g/mol. The van der Waals surface area contributed by atoms with Crippen LogP contribution in [0.5, 0.6) is 0 Å². The van der Waals surface area contributed by atoms with Crippen LogP contribution in [0.1, 0.15) is 110 Å². The molecule has 0 spiro atoms. The lowest BCUT2D eigenvalue weighted by molar-refractivity contribution is -0.314. The maximum Gasteiger partial charge on any atom is 0.306 e. The van der Waals surface area contributed by atoms with Gasteiger partial charge in [0, 0.05) is 45.6 Å². The SMILES string of the molecule is CC[C@H]1CCC[C@H](O[C@H]2CC[C@H](N(C)C)C(C)O2)[C@@H](C)C(=O)C2C(c3ccc(F)cc3)[C@@H]3C(CCC4C[C@@H](O[C@@H]5OC(C)[C@H](OC)C(OC)C5OC)C[C@H]43)[C@@H]2CC(=O)O1. The molecule has 3 heterocycles. The number of ether oxygens (including phenoxy) is 8. The molecule has 6 fully saturated rings. The number of esters is 1. The third kappa shape index (κ3) is 9.36. The van der Waals surface area contributed by atoms with Crippen LogP contribution in [-0.2, 0) is 47.5 Å². The molecule has 1 aromatic carbocycles. The van der Waals surface area contributed by atoms with E-state index in [1.807, 2.05) is 26.0 Å². The number of carbonyl (C=O) groups is 2. The van der Waals surface area contributed by atoms with Gasteiger partial charge in [-0.25, -0.2) is 4.39 Å². The highest BCUT2D eigenvalue weighted by atomic mass is 19.1. The highest BCUT2D eigenvalue weighted by molar-refractivity contribution is 5.86. The van der Waals surface area contributed by atoms with Crippen LogP contribution < -0.4 is 0 Å². The van der Waals surface area contributed by atoms with Crippen LogP contribution in [0.2, 0.25) is 0 Å². The first-order chi connectivity index (χ1) is 28.4. The van der Waals surface area contributed by atoms with Gasteiger partial charge in [0.1, 0.15) is 36.0 Å². The number of nitrogens with zero attached hydrogens (tertiary/aromatic N) is 1. The number of Topliss-reactive ketones (excluding diaryl/α,β-unsaturated/α-hetero) is 1. The Bertz CT molecular complexity index is 1550. The van der Waals surface area contributed by atoms with Crippen molar-refractivity contribution >= 4 is 11.8 Å². The third-order valence-corrected chi connectivity index (χ3v) is 15.6. The quantitative estimate of drug-likeness (QED) is 0.221. The Balaban J connectivity index is 1.20. The summed E-state index contributed by atoms with van der Waals surface area (Å²) in [6, 6.07) is 7.08. The Morgan fingerprint density at radius 1 is 0.763 bits per heavy atom. The van der Waals surface area contributed by atoms with E-state index in [2.05, 4.69) is 32.8 Å². The highest BCUT2D eigenvalue weighted by Crippen LogP contribution is 2.64. The van der Waals surface area contributed by atoms with Crippen molar-refractivity contribution < 1.29 is 51.9 Å². The minimum atomic E-state index is -0.635. The molecule has 7 rings (SSSR count). The summed E-state index contributed by atoms with van der Waals surface area (Å²) in [6.45, 7) is 8.18. The maximum atomic E-state index is 15.5. The van der Waals surface area contributed by atoms with Crippen molar-refractivity contribution in [2.45, 2.75) is 172 Å². The van der Waals surface area contributed by atoms with Gasteiger partial charge in [0.2, 0.25) is 0 Å². The minimum absolute atomic E-state index is 0.000570. The van der Waals surface area contributed by atoms with Gasteiger partial charge in [-0.1, -0.05) is 26.0 Å². The third-order valence-electron chi connectivity index (χ3n) is 15.6. The second-order valence-corrected chi connectivity index (χ2v) is 18.9. The van der Waals surface area contributed by atoms with Crippen LogP contribution in [0, 0.1) is 47.2 Å². The Labute approximate surface area is 352 Å². The molecule has 59 heavy (non-hydrogen) atoms. The van der Waals surface area contributed by atoms with Crippen LogP contribution in [0.15, 0.2) is 24.3 Å². The summed E-state index contributed by atoms with van der Waals surface area (Å²) in [4.78, 5) is 31.7. The van der Waals surface area contributed by atoms with Crippen molar-refractivity contribution in [1.29, 1.82) is 0 Å². The molecule has 3 saturated carbocycles. The zero-order chi connectivity index (χ0) is 42.1. The van der Waals surface area contributed by atoms with E-state index < -0.39 is 30.5 Å². The van der Waals surface area contributed by atoms with Crippen molar-refractivity contribution in [3.05, 3.63) is 35.6 Å². The van der Waals surface area contributed by atoms with Crippen molar-refractivity contribution in [2.75, 3.05) is 35.4 Å². The predicted octanol–water partition coefficient (Wildman–Crippen LogP) is 7.32. The molecule has 19 atom stereocenters. The van der Waals surface area contributed by atoms with Crippen LogP contribution in [-0.4, -0.2) is 120 Å². The number of fused-ring (bicyclic) bond motifs is 5. The van der Waals surface area contributed by atoms with Crippen LogP contribution in [0.4, 0.5) is 4.39 Å². The Kier molecular flexibility index (Phi) is 14.9. The lowest BCUT2D eigenvalue weighted by atomic mass is 9.64. The van der Waals surface area contributed by atoms with E-state index in [1.165, 1.54) is 12.1 Å². The summed E-state index contributed by atoms with van der Waals surface area (Å²) in [6.07, 6.45) is 5.28. The molecule has 12 heteroatoms. The van der Waals surface area contributed by atoms with Gasteiger partial charge in [0.15, 0.2) is 12.6 Å². The number of cyclic esters (lactones) is 1. The molecule has 0 N–H and O–H groups in total. The number of benzene rings is 1. The van der Waals surface area contributed by atoms with Gasteiger partial charge in [-0.3, -0.25) is 9.59 Å². The lowest BCUT2D eigenvalue weighted by Gasteiger charge is -2.44. The van der Waals surface area contributed by atoms with E-state index in [0.717, 1.165) is 63.4 Å². The molecule has 0 radical (unpaired) electrons. The van der Waals surface area contributed by atoms with Crippen LogP contribution in [0.3, 0.4) is 0 Å². The summed E-state index contributed by atoms with van der Waals surface area (Å²) in [5, 5.41) is 0. The normalized spacial score (nSPS) is 44.6. The molecule has 11 nitrogen and oxygen atoms in total. The molecule has 3 aliphatic carbocycles. The van der Waals surface area contributed by atoms with Crippen LogP contribution >= 0.6 is 0 Å². The molecule has 3 aliphatic heterocycles. The van der Waals surface area contributed by atoms with Gasteiger partial charge in [0.05, 0.1) is 24.4 Å². The fourth-order valence-electron chi connectivity index (χ4n) is 12.8. The molecule has 1 aromatic rings. The summed E-state index contributed by atoms with van der Waals surface area (Å²) in [5.74, 6) is -0.876. The smallest absolute Gasteiger partial charge is 0.306 e. The standard InChI is InChI=1S/C47H72FNO10/c1-10-31-12-11-13-37(59-39-21-20-36(49(5)6)26(3)55-39)25(2)43(51)42-35(24-38(50)57-31)33-19-16-29-22-32(23-34(29)41(33)40(42)28-14-17-30(48)18-15-28)58-47-46(54-9)45(53-8)44(52-7)27(4)56-47/h14-15,17-18,25-27,29,31-37,39-42,44-47H,10-13,16,19-24H2,1-9H3/t25-,26?,27?,29?,31+,32-,33?,34-,35+,36+,37+,39+,40?,41-,42?,44+,45?,46?,47+/m1/s1. The number of hydrogen-bond acceptors (Lipinski definition) is 11. The van der Waals surface area contributed by atoms with Gasteiger partial charge in [-0.05, 0) is 145 Å².